The lowest BCUT2D eigenvalue weighted by Gasteiger charge is -2.25. The quantitative estimate of drug-likeness (QED) is 0.279. The highest BCUT2D eigenvalue weighted by Crippen LogP contribution is 2.25. The fourth-order valence-corrected chi connectivity index (χ4v) is 4.36. The van der Waals surface area contributed by atoms with Crippen molar-refractivity contribution in [3.63, 3.8) is 0 Å². The number of piperidine rings is 1. The summed E-state index contributed by atoms with van der Waals surface area (Å²) in [5, 5.41) is 24.4. The maximum absolute atomic E-state index is 12.1. The Morgan fingerprint density at radius 3 is 2.52 bits per heavy atom. The molecule has 0 atom stereocenters. The summed E-state index contributed by atoms with van der Waals surface area (Å²) in [4.78, 5) is 36.4. The van der Waals surface area contributed by atoms with Gasteiger partial charge in [-0.25, -0.2) is 0 Å². The monoisotopic (exact) mass is 436 g/mol. The predicted molar refractivity (Wildman–Crippen MR) is 111 cm³/mol. The number of aromatic nitrogens is 2. The average Bonchev–Trinajstić information content (AvgIpc) is 3.14. The van der Waals surface area contributed by atoms with Crippen molar-refractivity contribution in [1.29, 1.82) is 0 Å². The Morgan fingerprint density at radius 2 is 1.83 bits per heavy atom. The molecule has 0 unspecified atom stereocenters. The molecule has 12 heteroatoms. The van der Waals surface area contributed by atoms with Crippen LogP contribution in [-0.2, 0) is 9.59 Å². The molecule has 0 spiro atoms. The van der Waals surface area contributed by atoms with Crippen molar-refractivity contribution in [3.05, 3.63) is 34.4 Å². The highest BCUT2D eigenvalue weighted by atomic mass is 32.2. The van der Waals surface area contributed by atoms with Crippen molar-refractivity contribution in [2.24, 2.45) is 0 Å². The van der Waals surface area contributed by atoms with Crippen LogP contribution in [-0.4, -0.2) is 57.2 Å². The zero-order chi connectivity index (χ0) is 20.6. The van der Waals surface area contributed by atoms with Gasteiger partial charge >= 0.3 is 0 Å². The molecule has 1 aliphatic heterocycles. The minimum atomic E-state index is -0.500. The normalized spacial score (nSPS) is 14.3. The number of benzene rings is 1. The first-order chi connectivity index (χ1) is 14.0. The Kier molecular flexibility index (Phi) is 7.49. The van der Waals surface area contributed by atoms with Gasteiger partial charge in [-0.15, -0.1) is 10.2 Å². The molecule has 3 rings (SSSR count). The van der Waals surface area contributed by atoms with E-state index in [2.05, 4.69) is 25.7 Å². The van der Waals surface area contributed by atoms with Crippen LogP contribution in [0.25, 0.3) is 0 Å². The summed E-state index contributed by atoms with van der Waals surface area (Å²) in [5.74, 6) is -0.280. The topological polar surface area (TPSA) is 130 Å². The fraction of sp³-hybridized carbons (Fsp3) is 0.412. The van der Waals surface area contributed by atoms with E-state index < -0.39 is 4.92 Å². The van der Waals surface area contributed by atoms with E-state index in [0.717, 1.165) is 25.9 Å². The third-order valence-electron chi connectivity index (χ3n) is 4.16. The molecule has 2 N–H and O–H groups in total. The first kappa shape index (κ1) is 21.1. The molecule has 29 heavy (non-hydrogen) atoms. The van der Waals surface area contributed by atoms with Crippen LogP contribution in [0.15, 0.2) is 28.6 Å². The predicted octanol–water partition coefficient (Wildman–Crippen LogP) is 2.60. The largest absolute Gasteiger partial charge is 0.325 e. The summed E-state index contributed by atoms with van der Waals surface area (Å²) in [6.45, 7) is 2.22. The second kappa shape index (κ2) is 10.3. The number of nitrogens with one attached hydrogen (secondary N) is 2. The maximum atomic E-state index is 12.1. The zero-order valence-electron chi connectivity index (χ0n) is 15.5. The highest BCUT2D eigenvalue weighted by Gasteiger charge is 2.16. The molecule has 1 aromatic heterocycles. The van der Waals surface area contributed by atoms with E-state index in [4.69, 9.17) is 0 Å². The third kappa shape index (κ3) is 6.76. The lowest BCUT2D eigenvalue weighted by atomic mass is 10.1. The molecular weight excluding hydrogens is 416 g/mol. The summed E-state index contributed by atoms with van der Waals surface area (Å²) in [7, 11) is 0. The third-order valence-corrected chi connectivity index (χ3v) is 6.13. The minimum absolute atomic E-state index is 0.0407. The SMILES string of the molecule is O=C(CSc1nnc(NC(=O)CN2CCCCC2)s1)Nc1ccc([N+](=O)[O-])cc1. The van der Waals surface area contributed by atoms with Gasteiger partial charge in [0.15, 0.2) is 4.34 Å². The maximum Gasteiger partial charge on any atom is 0.269 e. The molecule has 0 saturated carbocycles. The van der Waals surface area contributed by atoms with Crippen molar-refractivity contribution in [3.8, 4) is 0 Å². The number of anilines is 2. The van der Waals surface area contributed by atoms with Gasteiger partial charge in [0, 0.05) is 17.8 Å². The van der Waals surface area contributed by atoms with E-state index in [9.17, 15) is 19.7 Å². The number of amides is 2. The van der Waals surface area contributed by atoms with Gasteiger partial charge in [0.2, 0.25) is 16.9 Å². The number of nitrogens with zero attached hydrogens (tertiary/aromatic N) is 4. The highest BCUT2D eigenvalue weighted by molar-refractivity contribution is 8.01. The van der Waals surface area contributed by atoms with Gasteiger partial charge in [0.25, 0.3) is 5.69 Å². The Labute approximate surface area is 175 Å². The smallest absolute Gasteiger partial charge is 0.269 e. The Balaban J connectivity index is 1.41. The molecule has 0 bridgehead atoms. The van der Waals surface area contributed by atoms with Crippen LogP contribution >= 0.6 is 23.1 Å². The van der Waals surface area contributed by atoms with E-state index in [1.807, 2.05) is 0 Å². The van der Waals surface area contributed by atoms with E-state index in [1.54, 1.807) is 0 Å². The van der Waals surface area contributed by atoms with Crippen LogP contribution in [0.2, 0.25) is 0 Å². The Morgan fingerprint density at radius 1 is 1.10 bits per heavy atom. The number of rotatable bonds is 8. The molecule has 2 amide bonds. The second-order valence-electron chi connectivity index (χ2n) is 6.40. The second-order valence-corrected chi connectivity index (χ2v) is 8.60. The lowest BCUT2D eigenvalue weighted by molar-refractivity contribution is -0.384. The van der Waals surface area contributed by atoms with E-state index >= 15 is 0 Å². The summed E-state index contributed by atoms with van der Waals surface area (Å²) < 4.78 is 0.567. The average molecular weight is 437 g/mol. The number of thioether (sulfide) groups is 1. The Bertz CT molecular complexity index is 867. The number of nitro groups is 1. The minimum Gasteiger partial charge on any atom is -0.325 e. The summed E-state index contributed by atoms with van der Waals surface area (Å²) in [6, 6.07) is 5.60. The molecule has 1 aliphatic rings. The number of hydrogen-bond donors (Lipinski definition) is 2. The van der Waals surface area contributed by atoms with Crippen molar-refractivity contribution >= 4 is 51.4 Å². The van der Waals surface area contributed by atoms with Gasteiger partial charge in [-0.1, -0.05) is 29.5 Å². The van der Waals surface area contributed by atoms with Gasteiger partial charge in [-0.2, -0.15) is 0 Å². The number of hydrogen-bond acceptors (Lipinski definition) is 9. The molecule has 0 aliphatic carbocycles. The van der Waals surface area contributed by atoms with Gasteiger partial charge in [-0.05, 0) is 38.1 Å². The van der Waals surface area contributed by atoms with Crippen molar-refractivity contribution in [1.82, 2.24) is 15.1 Å². The van der Waals surface area contributed by atoms with Gasteiger partial charge in [0.1, 0.15) is 0 Å². The van der Waals surface area contributed by atoms with E-state index in [-0.39, 0.29) is 23.3 Å². The van der Waals surface area contributed by atoms with Crippen LogP contribution in [0.5, 0.6) is 0 Å². The number of carbonyl (C=O) groups excluding carboxylic acids is 2. The zero-order valence-corrected chi connectivity index (χ0v) is 17.1. The number of non-ortho nitro benzene ring substituents is 1. The molecule has 0 radical (unpaired) electrons. The first-order valence-electron chi connectivity index (χ1n) is 9.02. The van der Waals surface area contributed by atoms with Crippen molar-refractivity contribution in [2.75, 3.05) is 36.0 Å². The summed E-state index contributed by atoms with van der Waals surface area (Å²) in [5.41, 5.74) is 0.435. The fourth-order valence-electron chi connectivity index (χ4n) is 2.79. The molecule has 2 heterocycles. The molecule has 1 aromatic carbocycles. The number of likely N-dealkylation sites (tertiary alicyclic amines) is 1. The van der Waals surface area contributed by atoms with Crippen LogP contribution in [0, 0.1) is 10.1 Å². The molecule has 1 fully saturated rings. The van der Waals surface area contributed by atoms with Gasteiger partial charge in [0.05, 0.1) is 17.2 Å². The van der Waals surface area contributed by atoms with Gasteiger partial charge in [-0.3, -0.25) is 29.9 Å². The van der Waals surface area contributed by atoms with E-state index in [0.29, 0.717) is 21.7 Å². The van der Waals surface area contributed by atoms with Crippen molar-refractivity contribution in [2.45, 2.75) is 23.6 Å². The molecular formula is C17H20N6O4S2. The number of carbonyl (C=O) groups is 2. The number of nitro benzene ring substituents is 1. The molecule has 10 nitrogen and oxygen atoms in total. The molecule has 1 saturated heterocycles. The van der Waals surface area contributed by atoms with Gasteiger partial charge < -0.3 is 5.32 Å². The van der Waals surface area contributed by atoms with Crippen molar-refractivity contribution < 1.29 is 14.5 Å². The van der Waals surface area contributed by atoms with Crippen LogP contribution in [0.3, 0.4) is 0 Å². The lowest BCUT2D eigenvalue weighted by Crippen LogP contribution is -2.36. The molecule has 154 valence electrons. The summed E-state index contributed by atoms with van der Waals surface area (Å²) in [6.07, 6.45) is 3.45. The summed E-state index contributed by atoms with van der Waals surface area (Å²) >= 11 is 2.41. The van der Waals surface area contributed by atoms with Crippen LogP contribution in [0.4, 0.5) is 16.5 Å². The molecule has 2 aromatic rings. The standard InChI is InChI=1S/C17H20N6O4S2/c24-14(10-22-8-2-1-3-9-22)19-16-20-21-17(29-16)28-11-15(25)18-12-4-6-13(7-5-12)23(26)27/h4-7H,1-3,8-11H2,(H,18,25)(H,19,20,24). The van der Waals surface area contributed by atoms with Crippen LogP contribution in [0.1, 0.15) is 19.3 Å². The Hall–Kier alpha value is -2.57. The van der Waals surface area contributed by atoms with Crippen LogP contribution < -0.4 is 10.6 Å². The first-order valence-corrected chi connectivity index (χ1v) is 10.8. The van der Waals surface area contributed by atoms with E-state index in [1.165, 1.54) is 53.8 Å².